The van der Waals surface area contributed by atoms with Crippen LogP contribution in [0.25, 0.3) is 0 Å². The zero-order valence-electron chi connectivity index (χ0n) is 17.9. The number of hydrogen-bond donors (Lipinski definition) is 1. The van der Waals surface area contributed by atoms with Crippen molar-refractivity contribution in [3.8, 4) is 5.75 Å². The molecule has 1 aliphatic rings. The zero-order chi connectivity index (χ0) is 21.9. The summed E-state index contributed by atoms with van der Waals surface area (Å²) in [5, 5.41) is 2.76. The Labute approximate surface area is 178 Å². The van der Waals surface area contributed by atoms with Crippen LogP contribution >= 0.6 is 0 Å². The molecule has 0 spiro atoms. The average Bonchev–Trinajstić information content (AvgIpc) is 2.93. The van der Waals surface area contributed by atoms with Gasteiger partial charge in [-0.1, -0.05) is 29.8 Å². The number of carbonyl (C=O) groups excluding carboxylic acids is 1. The van der Waals surface area contributed by atoms with Gasteiger partial charge in [0.05, 0.1) is 18.8 Å². The highest BCUT2D eigenvalue weighted by Gasteiger charge is 2.38. The van der Waals surface area contributed by atoms with Crippen molar-refractivity contribution in [3.05, 3.63) is 58.7 Å². The van der Waals surface area contributed by atoms with E-state index in [1.165, 1.54) is 8.61 Å². The standard InChI is InChI=1S/C22H29N3O4S/c1-5-29-21-9-7-6-8-20(21)23-22(26)15-25-11-10-24(30(25,27)28)14-19-17(3)12-16(2)13-18(19)4/h6-9,12-13H,5,10-11,14-15H2,1-4H3,(H,23,26). The first kappa shape index (κ1) is 22.3. The third-order valence-electron chi connectivity index (χ3n) is 5.21. The van der Waals surface area contributed by atoms with Crippen molar-refractivity contribution < 1.29 is 17.9 Å². The van der Waals surface area contributed by atoms with E-state index in [1.54, 1.807) is 18.2 Å². The highest BCUT2D eigenvalue weighted by Crippen LogP contribution is 2.26. The van der Waals surface area contributed by atoms with Crippen LogP contribution in [0, 0.1) is 20.8 Å². The largest absolute Gasteiger partial charge is 0.492 e. The molecule has 8 heteroatoms. The van der Waals surface area contributed by atoms with Crippen LogP contribution in [-0.4, -0.2) is 49.2 Å². The predicted octanol–water partition coefficient (Wildman–Crippen LogP) is 3.01. The summed E-state index contributed by atoms with van der Waals surface area (Å²) in [7, 11) is -3.70. The number of anilines is 1. The van der Waals surface area contributed by atoms with E-state index in [9.17, 15) is 13.2 Å². The van der Waals surface area contributed by atoms with Crippen LogP contribution in [0.3, 0.4) is 0 Å². The number of benzene rings is 2. The van der Waals surface area contributed by atoms with Gasteiger partial charge in [-0.3, -0.25) is 4.79 Å². The molecule has 1 saturated heterocycles. The average molecular weight is 432 g/mol. The van der Waals surface area contributed by atoms with Gasteiger partial charge < -0.3 is 10.1 Å². The maximum Gasteiger partial charge on any atom is 0.282 e. The van der Waals surface area contributed by atoms with Crippen LogP contribution in [0.1, 0.15) is 29.2 Å². The van der Waals surface area contributed by atoms with Gasteiger partial charge in [-0.15, -0.1) is 0 Å². The highest BCUT2D eigenvalue weighted by atomic mass is 32.2. The molecule has 7 nitrogen and oxygen atoms in total. The molecule has 2 aromatic carbocycles. The van der Waals surface area contributed by atoms with Gasteiger partial charge in [0.1, 0.15) is 5.75 Å². The molecule has 162 valence electrons. The summed E-state index contributed by atoms with van der Waals surface area (Å²) in [6.07, 6.45) is 0. The second-order valence-corrected chi connectivity index (χ2v) is 9.46. The molecular formula is C22H29N3O4S. The van der Waals surface area contributed by atoms with E-state index in [1.807, 2.05) is 33.8 Å². The number of hydrogen-bond acceptors (Lipinski definition) is 4. The van der Waals surface area contributed by atoms with Crippen LogP contribution in [0.15, 0.2) is 36.4 Å². The minimum atomic E-state index is -3.70. The van der Waals surface area contributed by atoms with Crippen molar-refractivity contribution in [2.45, 2.75) is 34.2 Å². The quantitative estimate of drug-likeness (QED) is 0.731. The topological polar surface area (TPSA) is 79.0 Å². The molecular weight excluding hydrogens is 402 g/mol. The van der Waals surface area contributed by atoms with Gasteiger partial charge in [-0.2, -0.15) is 17.0 Å². The number of ether oxygens (including phenoxy) is 1. The molecule has 0 unspecified atom stereocenters. The fourth-order valence-corrected chi connectivity index (χ4v) is 5.30. The van der Waals surface area contributed by atoms with Crippen LogP contribution in [0.2, 0.25) is 0 Å². The van der Waals surface area contributed by atoms with Crippen LogP contribution in [0.5, 0.6) is 5.75 Å². The summed E-state index contributed by atoms with van der Waals surface area (Å²) in [5.41, 5.74) is 4.85. The lowest BCUT2D eigenvalue weighted by Gasteiger charge is -2.21. The first-order valence-electron chi connectivity index (χ1n) is 10.1. The van der Waals surface area contributed by atoms with Gasteiger partial charge in [0, 0.05) is 19.6 Å². The van der Waals surface area contributed by atoms with Crippen LogP contribution in [0.4, 0.5) is 5.69 Å². The normalized spacial score (nSPS) is 16.5. The van der Waals surface area contributed by atoms with Crippen LogP contribution in [-0.2, 0) is 21.5 Å². The number of aryl methyl sites for hydroxylation is 3. The van der Waals surface area contributed by atoms with Crippen molar-refractivity contribution in [1.29, 1.82) is 0 Å². The second kappa shape index (κ2) is 9.16. The minimum Gasteiger partial charge on any atom is -0.492 e. The van der Waals surface area contributed by atoms with E-state index in [2.05, 4.69) is 17.4 Å². The molecule has 0 atom stereocenters. The van der Waals surface area contributed by atoms with Gasteiger partial charge in [-0.05, 0) is 56.5 Å². The molecule has 3 rings (SSSR count). The number of rotatable bonds is 7. The molecule has 1 aliphatic heterocycles. The van der Waals surface area contributed by atoms with Gasteiger partial charge in [-0.25, -0.2) is 0 Å². The summed E-state index contributed by atoms with van der Waals surface area (Å²) in [6.45, 7) is 9.08. The summed E-state index contributed by atoms with van der Waals surface area (Å²) in [6, 6.07) is 11.2. The van der Waals surface area contributed by atoms with Crippen molar-refractivity contribution in [3.63, 3.8) is 0 Å². The van der Waals surface area contributed by atoms with Crippen molar-refractivity contribution in [2.75, 3.05) is 31.6 Å². The molecule has 1 fully saturated rings. The summed E-state index contributed by atoms with van der Waals surface area (Å²) in [4.78, 5) is 12.5. The van der Waals surface area contributed by atoms with E-state index in [4.69, 9.17) is 4.74 Å². The molecule has 0 bridgehead atoms. The molecule has 0 aliphatic carbocycles. The number of nitrogens with zero attached hydrogens (tertiary/aromatic N) is 2. The predicted molar refractivity (Wildman–Crippen MR) is 118 cm³/mol. The lowest BCUT2D eigenvalue weighted by molar-refractivity contribution is -0.116. The molecule has 0 aromatic heterocycles. The van der Waals surface area contributed by atoms with E-state index < -0.39 is 16.1 Å². The number of carbonyl (C=O) groups is 1. The second-order valence-electron chi connectivity index (χ2n) is 7.53. The Morgan fingerprint density at radius 2 is 1.70 bits per heavy atom. The van der Waals surface area contributed by atoms with Gasteiger partial charge in [0.2, 0.25) is 5.91 Å². The van der Waals surface area contributed by atoms with E-state index in [0.717, 1.165) is 22.3 Å². The summed E-state index contributed by atoms with van der Waals surface area (Å²) >= 11 is 0. The lowest BCUT2D eigenvalue weighted by Crippen LogP contribution is -2.38. The van der Waals surface area contributed by atoms with Gasteiger partial charge in [0.25, 0.3) is 10.2 Å². The van der Waals surface area contributed by atoms with Crippen molar-refractivity contribution >= 4 is 21.8 Å². The summed E-state index contributed by atoms with van der Waals surface area (Å²) in [5.74, 6) is 0.167. The number of para-hydroxylation sites is 2. The van der Waals surface area contributed by atoms with Crippen molar-refractivity contribution in [1.82, 2.24) is 8.61 Å². The maximum absolute atomic E-state index is 13.0. The van der Waals surface area contributed by atoms with E-state index >= 15 is 0 Å². The third-order valence-corrected chi connectivity index (χ3v) is 7.14. The Bertz CT molecular complexity index is 1010. The smallest absolute Gasteiger partial charge is 0.282 e. The molecule has 30 heavy (non-hydrogen) atoms. The van der Waals surface area contributed by atoms with Gasteiger partial charge >= 0.3 is 0 Å². The van der Waals surface area contributed by atoms with Crippen LogP contribution < -0.4 is 10.1 Å². The maximum atomic E-state index is 13.0. The Balaban J connectivity index is 1.69. The number of amides is 1. The molecule has 1 N–H and O–H groups in total. The first-order chi connectivity index (χ1) is 14.2. The Hall–Kier alpha value is -2.42. The van der Waals surface area contributed by atoms with Gasteiger partial charge in [0.15, 0.2) is 0 Å². The fraction of sp³-hybridized carbons (Fsp3) is 0.409. The zero-order valence-corrected chi connectivity index (χ0v) is 18.8. The lowest BCUT2D eigenvalue weighted by atomic mass is 10.00. The highest BCUT2D eigenvalue weighted by molar-refractivity contribution is 7.87. The SMILES string of the molecule is CCOc1ccccc1NC(=O)CN1CCN(Cc2c(C)cc(C)cc2C)S1(=O)=O. The Kier molecular flexibility index (Phi) is 6.80. The van der Waals surface area contributed by atoms with E-state index in [-0.39, 0.29) is 13.1 Å². The monoisotopic (exact) mass is 431 g/mol. The molecule has 1 heterocycles. The molecule has 1 amide bonds. The molecule has 0 saturated carbocycles. The number of nitrogens with one attached hydrogen (secondary N) is 1. The molecule has 2 aromatic rings. The third kappa shape index (κ3) is 4.83. The fourth-order valence-electron chi connectivity index (χ4n) is 3.78. The molecule has 0 radical (unpaired) electrons. The Morgan fingerprint density at radius 3 is 2.37 bits per heavy atom. The minimum absolute atomic E-state index is 0.231. The summed E-state index contributed by atoms with van der Waals surface area (Å²) < 4.78 is 34.2. The first-order valence-corrected chi connectivity index (χ1v) is 11.5. The van der Waals surface area contributed by atoms with E-state index in [0.29, 0.717) is 31.1 Å². The Morgan fingerprint density at radius 1 is 1.07 bits per heavy atom. The van der Waals surface area contributed by atoms with Crippen molar-refractivity contribution in [2.24, 2.45) is 0 Å².